The number of nitrogens with two attached hydrogens (primary N) is 1. The Morgan fingerprint density at radius 2 is 1.45 bits per heavy atom. The van der Waals surface area contributed by atoms with Crippen molar-refractivity contribution < 1.29 is 57.2 Å². The predicted octanol–water partition coefficient (Wildman–Crippen LogP) is 0.477. The molecule has 4 aromatic carbocycles. The first kappa shape index (κ1) is 27.2. The summed E-state index contributed by atoms with van der Waals surface area (Å²) in [6.07, 6.45) is 0. The third-order valence-electron chi connectivity index (χ3n) is 5.85. The van der Waals surface area contributed by atoms with Crippen LogP contribution in [0.25, 0.3) is 0 Å². The van der Waals surface area contributed by atoms with E-state index in [0.717, 1.165) is 6.07 Å². The van der Waals surface area contributed by atoms with Crippen LogP contribution in [0.2, 0.25) is 0 Å². The van der Waals surface area contributed by atoms with Crippen molar-refractivity contribution in [1.29, 1.82) is 0 Å². The van der Waals surface area contributed by atoms with Crippen LogP contribution in [-0.2, 0) is 10.1 Å². The number of carbonyl (C=O) groups excluding carboxylic acids is 2. The van der Waals surface area contributed by atoms with Crippen molar-refractivity contribution in [2.45, 2.75) is 4.90 Å². The molecular formula is C27H18N3NaO6S. The Balaban J connectivity index is 0.00000336. The van der Waals surface area contributed by atoms with E-state index in [9.17, 15) is 27.7 Å². The van der Waals surface area contributed by atoms with Gasteiger partial charge in [-0.25, -0.2) is 0 Å². The molecule has 0 atom stereocenters. The van der Waals surface area contributed by atoms with Gasteiger partial charge in [0.25, 0.3) is 10.1 Å². The first-order chi connectivity index (χ1) is 17.6. The van der Waals surface area contributed by atoms with Crippen LogP contribution in [0.4, 0.5) is 22.7 Å². The summed E-state index contributed by atoms with van der Waals surface area (Å²) >= 11 is 0. The summed E-state index contributed by atoms with van der Waals surface area (Å²) in [5.41, 5.74) is 6.23. The van der Waals surface area contributed by atoms with Crippen LogP contribution in [0.1, 0.15) is 37.4 Å². The zero-order chi connectivity index (χ0) is 26.3. The van der Waals surface area contributed by atoms with Crippen molar-refractivity contribution >= 4 is 50.3 Å². The zero-order valence-corrected chi connectivity index (χ0v) is 22.8. The molecule has 0 aliphatic heterocycles. The van der Waals surface area contributed by atoms with E-state index in [1.54, 1.807) is 60.7 Å². The molecular weight excluding hydrogens is 517 g/mol. The maximum Gasteiger partial charge on any atom is 1.00 e. The number of hydrogen-bond donors (Lipinski definition) is 3. The van der Waals surface area contributed by atoms with Gasteiger partial charge in [-0.15, -0.1) is 0 Å². The second-order valence-corrected chi connectivity index (χ2v) is 9.61. The van der Waals surface area contributed by atoms with Gasteiger partial charge in [-0.05, 0) is 35.7 Å². The molecule has 0 saturated carbocycles. The summed E-state index contributed by atoms with van der Waals surface area (Å²) in [6.45, 7) is 0. The number of nitrogen functional groups attached to an aromatic ring is 1. The molecule has 4 N–H and O–H groups in total. The normalized spacial score (nSPS) is 12.8. The molecule has 184 valence electrons. The molecule has 0 radical (unpaired) electrons. The number of carbonyl (C=O) groups is 2. The van der Waals surface area contributed by atoms with E-state index in [4.69, 9.17) is 5.73 Å². The summed E-state index contributed by atoms with van der Waals surface area (Å²) in [5.74, 6) is -1.65. The van der Waals surface area contributed by atoms with Gasteiger partial charge in [-0.2, -0.15) is 8.42 Å². The largest absolute Gasteiger partial charge is 1.00 e. The molecule has 38 heavy (non-hydrogen) atoms. The summed E-state index contributed by atoms with van der Waals surface area (Å²) < 4.78 is 34.0. The fourth-order valence-electron chi connectivity index (χ4n) is 4.18. The number of nitrogens with zero attached hydrogens (tertiary/aromatic N) is 1. The smallest absolute Gasteiger partial charge is 0.858 e. The van der Waals surface area contributed by atoms with E-state index in [-0.39, 0.29) is 57.5 Å². The summed E-state index contributed by atoms with van der Waals surface area (Å²) in [5, 5.41) is 15.4. The minimum Gasteiger partial charge on any atom is -0.858 e. The van der Waals surface area contributed by atoms with Crippen LogP contribution in [0.5, 0.6) is 0 Å². The Morgan fingerprint density at radius 3 is 2.08 bits per heavy atom. The first-order valence-electron chi connectivity index (χ1n) is 11.0. The average Bonchev–Trinajstić information content (AvgIpc) is 2.88. The average molecular weight is 536 g/mol. The number of hydrogen-bond acceptors (Lipinski definition) is 8. The number of ketones is 2. The SMILES string of the molecule is Nc1c(S(=O)(=O)O)cc(Nc2cccc(N=C([O-])c3ccccc3)c2)c2c1C(=O)c1ccccc1C2=O.[Na+]. The van der Waals surface area contributed by atoms with Crippen molar-refractivity contribution in [2.75, 3.05) is 11.1 Å². The Labute approximate surface area is 240 Å². The second kappa shape index (κ2) is 10.5. The number of anilines is 3. The van der Waals surface area contributed by atoms with Crippen LogP contribution >= 0.6 is 0 Å². The van der Waals surface area contributed by atoms with Gasteiger partial charge in [-0.3, -0.25) is 19.1 Å². The van der Waals surface area contributed by atoms with Crippen LogP contribution in [-0.4, -0.2) is 30.4 Å². The molecule has 0 spiro atoms. The number of rotatable bonds is 5. The Morgan fingerprint density at radius 1 is 0.842 bits per heavy atom. The molecule has 9 nitrogen and oxygen atoms in total. The van der Waals surface area contributed by atoms with E-state index < -0.39 is 38.2 Å². The summed E-state index contributed by atoms with van der Waals surface area (Å²) in [6, 6.07) is 21.9. The fraction of sp³-hybridized carbons (Fsp3) is 0. The van der Waals surface area contributed by atoms with Crippen LogP contribution in [0, 0.1) is 0 Å². The molecule has 0 aromatic heterocycles. The van der Waals surface area contributed by atoms with Crippen LogP contribution in [0.15, 0.2) is 94.8 Å². The molecule has 0 bridgehead atoms. The van der Waals surface area contributed by atoms with E-state index in [2.05, 4.69) is 10.3 Å². The molecule has 1 aliphatic rings. The maximum atomic E-state index is 13.4. The number of aliphatic imine (C=N–C) groups is 1. The van der Waals surface area contributed by atoms with Crippen LogP contribution in [0.3, 0.4) is 0 Å². The summed E-state index contributed by atoms with van der Waals surface area (Å²) in [4.78, 5) is 30.1. The Kier molecular flexibility index (Phi) is 7.54. The van der Waals surface area contributed by atoms with Crippen molar-refractivity contribution in [3.05, 3.63) is 113 Å². The van der Waals surface area contributed by atoms with Gasteiger partial charge < -0.3 is 16.2 Å². The number of fused-ring (bicyclic) bond motifs is 2. The van der Waals surface area contributed by atoms with Gasteiger partial charge in [0.15, 0.2) is 11.6 Å². The van der Waals surface area contributed by atoms with Gasteiger partial charge in [-0.1, -0.05) is 60.7 Å². The summed E-state index contributed by atoms with van der Waals surface area (Å²) in [7, 11) is -4.85. The monoisotopic (exact) mass is 535 g/mol. The molecule has 0 amide bonds. The standard InChI is InChI=1S/C27H19N3O6S.Na/c28-24-21(37(34,35)36)14-20(22-23(24)26(32)19-12-5-4-11-18(19)25(22)31)29-16-9-6-10-17(13-16)30-27(33)15-7-2-1-3-8-15;/h1-14,29H,28H2,(H,30,33)(H,34,35,36);/q;+1/p-1. The Bertz CT molecular complexity index is 1740. The van der Waals surface area contributed by atoms with Crippen molar-refractivity contribution in [1.82, 2.24) is 0 Å². The van der Waals surface area contributed by atoms with Gasteiger partial charge in [0, 0.05) is 16.8 Å². The molecule has 0 heterocycles. The topological polar surface area (TPSA) is 162 Å². The first-order valence-corrected chi connectivity index (χ1v) is 12.4. The molecule has 0 fully saturated rings. The van der Waals surface area contributed by atoms with Gasteiger partial charge in [0.2, 0.25) is 0 Å². The van der Waals surface area contributed by atoms with Gasteiger partial charge >= 0.3 is 29.6 Å². The quantitative estimate of drug-likeness (QED) is 0.0962. The van der Waals surface area contributed by atoms with Crippen LogP contribution < -0.4 is 45.7 Å². The third-order valence-corrected chi connectivity index (χ3v) is 6.75. The zero-order valence-electron chi connectivity index (χ0n) is 20.0. The predicted molar refractivity (Wildman–Crippen MR) is 136 cm³/mol. The minimum absolute atomic E-state index is 0. The Hall–Kier alpha value is -3.80. The van der Waals surface area contributed by atoms with Gasteiger partial charge in [0.1, 0.15) is 4.90 Å². The molecule has 1 aliphatic carbocycles. The van der Waals surface area contributed by atoms with E-state index in [1.807, 2.05) is 0 Å². The fourth-order valence-corrected chi connectivity index (χ4v) is 4.82. The van der Waals surface area contributed by atoms with E-state index in [0.29, 0.717) is 16.9 Å². The molecule has 4 aromatic rings. The van der Waals surface area contributed by atoms with Gasteiger partial charge in [0.05, 0.1) is 28.2 Å². The van der Waals surface area contributed by atoms with E-state index in [1.165, 1.54) is 18.2 Å². The molecule has 0 unspecified atom stereocenters. The molecule has 0 saturated heterocycles. The number of benzene rings is 4. The molecule has 11 heteroatoms. The minimum atomic E-state index is -4.85. The van der Waals surface area contributed by atoms with Crippen molar-refractivity contribution in [3.8, 4) is 0 Å². The third kappa shape index (κ3) is 5.00. The maximum absolute atomic E-state index is 13.4. The van der Waals surface area contributed by atoms with Crippen molar-refractivity contribution in [3.63, 3.8) is 0 Å². The second-order valence-electron chi connectivity index (χ2n) is 8.22. The molecule has 5 rings (SSSR count). The number of nitrogens with one attached hydrogen (secondary N) is 1. The van der Waals surface area contributed by atoms with Crippen molar-refractivity contribution in [2.24, 2.45) is 4.99 Å². The van der Waals surface area contributed by atoms with E-state index >= 15 is 0 Å².